The van der Waals surface area contributed by atoms with Crippen LogP contribution in [0.3, 0.4) is 0 Å². The zero-order chi connectivity index (χ0) is 99.9. The van der Waals surface area contributed by atoms with Crippen LogP contribution in [0.4, 0.5) is 64.6 Å². The number of hydrogen-bond donors (Lipinski definition) is 7. The van der Waals surface area contributed by atoms with Crippen molar-refractivity contribution >= 4 is 208 Å². The number of hydrogen-bond acceptors (Lipinski definition) is 23. The lowest BCUT2D eigenvalue weighted by atomic mass is 10.1. The Morgan fingerprint density at radius 2 is 0.791 bits per heavy atom. The summed E-state index contributed by atoms with van der Waals surface area (Å²) < 4.78 is 51.0. The molecular formula is C102H117Br3F3N17O14. The number of esters is 2. The molecule has 0 unspecified atom stereocenters. The van der Waals surface area contributed by atoms with Crippen molar-refractivity contribution in [2.75, 3.05) is 38.9 Å². The Hall–Kier alpha value is -14.5. The van der Waals surface area contributed by atoms with Crippen LogP contribution >= 0.6 is 47.8 Å². The van der Waals surface area contributed by atoms with Gasteiger partial charge in [-0.3, -0.25) is 72.7 Å². The molecule has 37 heteroatoms. The van der Waals surface area contributed by atoms with E-state index in [2.05, 4.69) is 118 Å². The Morgan fingerprint density at radius 3 is 1.09 bits per heavy atom. The third-order valence-corrected chi connectivity index (χ3v) is 20.3. The first-order chi connectivity index (χ1) is 64.2. The number of aldehydes is 1. The fourth-order valence-electron chi connectivity index (χ4n) is 13.1. The summed E-state index contributed by atoms with van der Waals surface area (Å²) in [5.74, 6) is -0.916. The Morgan fingerprint density at radius 1 is 0.453 bits per heavy atom. The van der Waals surface area contributed by atoms with Crippen molar-refractivity contribution in [3.8, 4) is 0 Å². The number of nitrogens with one attached hydrogen (secondary N) is 5. The first-order valence-corrected chi connectivity index (χ1v) is 44.8. The molecule has 3 amide bonds. The number of carbonyl (C=O) groups is 11. The number of nitrogen functional groups attached to an aromatic ring is 1. The van der Waals surface area contributed by atoms with Crippen molar-refractivity contribution in [1.29, 1.82) is 0 Å². The number of pyridine rings is 6. The van der Waals surface area contributed by atoms with E-state index >= 15 is 0 Å². The van der Waals surface area contributed by atoms with Crippen LogP contribution in [0.25, 0.3) is 43.6 Å². The molecule has 8 N–H and O–H groups in total. The van der Waals surface area contributed by atoms with Gasteiger partial charge in [0.25, 0.3) is 0 Å². The zero-order valence-electron chi connectivity index (χ0n) is 77.1. The minimum atomic E-state index is -4.64. The number of halogens is 6. The number of ether oxygens (including phenoxy) is 2. The second kappa shape index (κ2) is 53.9. The Labute approximate surface area is 830 Å². The van der Waals surface area contributed by atoms with Crippen LogP contribution in [0, 0.1) is 5.92 Å². The molecule has 0 atom stereocenters. The molecule has 0 fully saturated rings. The molecule has 0 spiro atoms. The van der Waals surface area contributed by atoms with Gasteiger partial charge in [-0.1, -0.05) is 64.2 Å². The second-order valence-corrected chi connectivity index (χ2v) is 35.8. The van der Waals surface area contributed by atoms with Gasteiger partial charge in [0.15, 0.2) is 23.1 Å². The van der Waals surface area contributed by atoms with Crippen LogP contribution in [-0.4, -0.2) is 153 Å². The topological polar surface area (TPSA) is 413 Å². The number of Topliss-reactive ketones (excluding diaryl/α,β-unsaturated/α-hetero) is 4. The number of carbonyl (C=O) groups excluding carboxylic acids is 10. The van der Waals surface area contributed by atoms with E-state index in [0.29, 0.717) is 62.0 Å². The Kier molecular flexibility index (Phi) is 44.6. The van der Waals surface area contributed by atoms with Gasteiger partial charge in [0.1, 0.15) is 64.8 Å². The van der Waals surface area contributed by atoms with Gasteiger partial charge in [-0.2, -0.15) is 13.2 Å². The maximum absolute atomic E-state index is 13.3. The third kappa shape index (κ3) is 37.9. The summed E-state index contributed by atoms with van der Waals surface area (Å²) in [6.07, 6.45) is 16.0. The predicted octanol–water partition coefficient (Wildman–Crippen LogP) is 22.9. The van der Waals surface area contributed by atoms with Gasteiger partial charge in [0.05, 0.1) is 41.3 Å². The Bertz CT molecular complexity index is 6540. The molecule has 0 bridgehead atoms. The average Bonchev–Trinajstić information content (AvgIpc) is 1.65. The fourth-order valence-corrected chi connectivity index (χ4v) is 14.2. The fraction of sp³-hybridized carbons (Fsp3) is 0.284. The molecule has 14 aromatic rings. The molecule has 0 saturated heterocycles. The molecule has 0 aliphatic heterocycles. The number of rotatable bonds is 26. The van der Waals surface area contributed by atoms with E-state index < -0.39 is 29.6 Å². The van der Waals surface area contributed by atoms with Crippen LogP contribution in [0.1, 0.15) is 173 Å². The highest BCUT2D eigenvalue weighted by molar-refractivity contribution is 9.11. The van der Waals surface area contributed by atoms with Crippen molar-refractivity contribution in [3.05, 3.63) is 268 Å². The average molecular weight is 2100 g/mol. The second-order valence-electron chi connectivity index (χ2n) is 33.2. The van der Waals surface area contributed by atoms with Gasteiger partial charge in [0, 0.05) is 156 Å². The SMILES string of the molecule is C.C.C.CC(=O)c1cn(CC(=O)N(CC(=O)Nc2cccc(Br)n2)C(C)C)c2ccc(Nc3cccnc3)cc12.CC(=O)c1cn(CC(=O)O)c2ccc(Nc3cccnc3)cc12.CC(=O)c1cn(CC(=O)OC(C)(C)C)c2ccc(Br)cc12.CC(=O)c1cn(CC(=O)OC(C)(C)C)c2ccc(Nc3cccnc3)cc12.CC(C)CCC(=O)Nc1cccc(Br)n1.Nc1cccnc1.O=CC(F)(F)F. The molecule has 736 valence electrons. The van der Waals surface area contributed by atoms with E-state index in [9.17, 15) is 61.1 Å². The summed E-state index contributed by atoms with van der Waals surface area (Å²) in [6.45, 7) is 24.7. The molecule has 0 saturated carbocycles. The number of fused-ring (bicyclic) bond motifs is 4. The number of benzene rings is 4. The lowest BCUT2D eigenvalue weighted by molar-refractivity contribution is -0.156. The zero-order valence-corrected chi connectivity index (χ0v) is 81.9. The first-order valence-electron chi connectivity index (χ1n) is 42.4. The summed E-state index contributed by atoms with van der Waals surface area (Å²) in [5.41, 5.74) is 15.2. The highest BCUT2D eigenvalue weighted by atomic mass is 79.9. The van der Waals surface area contributed by atoms with E-state index in [4.69, 9.17) is 25.1 Å². The molecule has 4 aromatic carbocycles. The number of carboxylic acids is 1. The van der Waals surface area contributed by atoms with Crippen molar-refractivity contribution in [3.63, 3.8) is 0 Å². The van der Waals surface area contributed by atoms with Crippen LogP contribution in [0.5, 0.6) is 0 Å². The van der Waals surface area contributed by atoms with Gasteiger partial charge in [-0.15, -0.1) is 0 Å². The van der Waals surface area contributed by atoms with Gasteiger partial charge < -0.3 is 70.1 Å². The number of ketones is 4. The lowest BCUT2D eigenvalue weighted by Crippen LogP contribution is -2.43. The Balaban J connectivity index is 0.000000301. The van der Waals surface area contributed by atoms with Gasteiger partial charge >= 0.3 is 24.1 Å². The monoisotopic (exact) mass is 2100 g/mol. The largest absolute Gasteiger partial charge is 0.480 e. The van der Waals surface area contributed by atoms with Crippen molar-refractivity contribution in [2.45, 2.75) is 182 Å². The number of anilines is 9. The van der Waals surface area contributed by atoms with Gasteiger partial charge in [0.2, 0.25) is 24.0 Å². The maximum Gasteiger partial charge on any atom is 0.446 e. The smallest absolute Gasteiger partial charge is 0.446 e. The standard InChI is InChI=1S/C27H27BrN6O3.C21H23N3O3.C17H15N3O3.C16H18BrNO3.C11H15BrN2O.C5H6N2.C2HF3O.3CH4/c1-17(2)34(15-26(36)32-25-8-4-7-24(28)31-25)27(37)16-33-14-22(18(3)35)21-12-19(9-10-23(21)33)30-20-6-5-11-29-13-20;1-14(25)18-12-24(13-20(26)27-21(2,3)4)19-8-7-15(10-17(18)19)23-16-6-5-9-22-11-16;1-11(21)15-9-20(10-17(22)23)16-5-4-12(7-14(15)16)19-13-3-2-6-18-8-13;1-10(19)13-8-18(9-15(20)21-16(2,3)4)14-6-5-11(17)7-12(13)14;1-8(2)6-7-11(15)14-10-5-3-4-9(12)13-10;6-5-2-1-3-7-4-5;3-2(4,5)1-6;;;/h4-14,17,30H,15-16H2,1-3H3,(H,31,32,36);5-12,23H,13H2,1-4H3;2-9,19H,10H2,1H3,(H,22,23);5-8H,9H2,1-4H3;3-5,8H,6-7H2,1-2H3,(H,13,14,15);1-4H,6H2;1H;3*1H4. The van der Waals surface area contributed by atoms with E-state index in [1.165, 1.54) is 32.6 Å². The molecular weight excluding hydrogens is 1980 g/mol. The number of aliphatic carboxylic acids is 1. The summed E-state index contributed by atoms with van der Waals surface area (Å²) in [6, 6.07) is 47.7. The molecule has 0 aliphatic carbocycles. The predicted molar refractivity (Wildman–Crippen MR) is 550 cm³/mol. The molecule has 0 radical (unpaired) electrons. The van der Waals surface area contributed by atoms with Crippen LogP contribution in [0.2, 0.25) is 0 Å². The normalized spacial score (nSPS) is 10.7. The molecule has 0 aliphatic rings. The summed E-state index contributed by atoms with van der Waals surface area (Å²) in [5, 5.41) is 27.3. The highest BCUT2D eigenvalue weighted by Gasteiger charge is 2.27. The lowest BCUT2D eigenvalue weighted by Gasteiger charge is -2.26. The van der Waals surface area contributed by atoms with Crippen LogP contribution < -0.4 is 32.3 Å². The number of carboxylic acid groups (broad SMARTS) is 1. The maximum atomic E-state index is 13.3. The molecule has 10 heterocycles. The number of amides is 3. The first kappa shape index (κ1) is 115. The van der Waals surface area contributed by atoms with E-state index in [1.54, 1.807) is 129 Å². The van der Waals surface area contributed by atoms with Crippen molar-refractivity contribution < 1.29 is 80.5 Å². The van der Waals surface area contributed by atoms with E-state index in [1.807, 2.05) is 177 Å². The van der Waals surface area contributed by atoms with E-state index in [0.717, 1.165) is 87.7 Å². The van der Waals surface area contributed by atoms with Crippen LogP contribution in [0.15, 0.2) is 246 Å². The molecule has 31 nitrogen and oxygen atoms in total. The number of nitrogens with zero attached hydrogens (tertiary/aromatic N) is 11. The summed E-state index contributed by atoms with van der Waals surface area (Å²) in [7, 11) is 0. The van der Waals surface area contributed by atoms with Gasteiger partial charge in [-0.05, 0) is 273 Å². The quantitative estimate of drug-likeness (QED) is 0.0115. The minimum Gasteiger partial charge on any atom is -0.480 e. The number of nitrogens with two attached hydrogens (primary N) is 1. The summed E-state index contributed by atoms with van der Waals surface area (Å²) >= 11 is 9.93. The number of aromatic nitrogens is 10. The summed E-state index contributed by atoms with van der Waals surface area (Å²) in [4.78, 5) is 155. The third-order valence-electron chi connectivity index (χ3n) is 18.9. The molecule has 14 rings (SSSR count). The highest BCUT2D eigenvalue weighted by Crippen LogP contribution is 2.33. The van der Waals surface area contributed by atoms with E-state index in [-0.39, 0.29) is 114 Å². The van der Waals surface area contributed by atoms with Gasteiger partial charge in [-0.25, -0.2) is 9.97 Å². The number of alkyl halides is 3. The van der Waals surface area contributed by atoms with Crippen LogP contribution in [-0.2, 0) is 69.2 Å². The van der Waals surface area contributed by atoms with Crippen molar-refractivity contribution in [1.82, 2.24) is 53.1 Å². The minimum absolute atomic E-state index is 0. The molecule has 10 aromatic heterocycles. The molecule has 139 heavy (non-hydrogen) atoms. The van der Waals surface area contributed by atoms with Crippen molar-refractivity contribution in [2.24, 2.45) is 5.92 Å².